The number of piperidine rings is 1. The third-order valence-corrected chi connectivity index (χ3v) is 9.42. The highest BCUT2D eigenvalue weighted by Crippen LogP contribution is 2.32. The summed E-state index contributed by atoms with van der Waals surface area (Å²) < 4.78 is 29.0. The third-order valence-electron chi connectivity index (χ3n) is 5.37. The molecule has 1 fully saturated rings. The molecule has 0 saturated carbocycles. The maximum atomic E-state index is 12.9. The lowest BCUT2D eigenvalue weighted by atomic mass is 10.1. The first-order valence-electron chi connectivity index (χ1n) is 10.2. The predicted octanol–water partition coefficient (Wildman–Crippen LogP) is 4.82. The molecule has 1 saturated heterocycles. The number of thiazole rings is 1. The van der Waals surface area contributed by atoms with Crippen LogP contribution in [-0.4, -0.2) is 42.5 Å². The number of carbonyl (C=O) groups excluding carboxylic acids is 1. The normalized spacial score (nSPS) is 15.3. The zero-order valence-electron chi connectivity index (χ0n) is 17.6. The molecular formula is C22H25N3O3S3. The molecule has 3 aromatic rings. The van der Waals surface area contributed by atoms with Gasteiger partial charge in [-0.05, 0) is 56.0 Å². The van der Waals surface area contributed by atoms with Crippen LogP contribution in [0.25, 0.3) is 10.2 Å². The van der Waals surface area contributed by atoms with E-state index in [1.165, 1.54) is 23.1 Å². The molecule has 0 atom stereocenters. The zero-order valence-corrected chi connectivity index (χ0v) is 20.0. The van der Waals surface area contributed by atoms with E-state index in [0.29, 0.717) is 18.0 Å². The Morgan fingerprint density at radius 2 is 1.84 bits per heavy atom. The van der Waals surface area contributed by atoms with E-state index in [1.54, 1.807) is 22.5 Å². The third kappa shape index (κ3) is 4.95. The molecule has 0 aliphatic carbocycles. The molecule has 4 rings (SSSR count). The van der Waals surface area contributed by atoms with Gasteiger partial charge in [-0.1, -0.05) is 36.4 Å². The number of aryl methyl sites for hydroxylation is 2. The summed E-state index contributed by atoms with van der Waals surface area (Å²) >= 11 is 2.78. The van der Waals surface area contributed by atoms with E-state index in [-0.39, 0.29) is 11.7 Å². The molecule has 164 valence electrons. The Kier molecular flexibility index (Phi) is 6.66. The first kappa shape index (κ1) is 22.3. The number of sulfonamides is 1. The van der Waals surface area contributed by atoms with Gasteiger partial charge in [0.05, 0.1) is 20.9 Å². The minimum absolute atomic E-state index is 0.0879. The molecule has 31 heavy (non-hydrogen) atoms. The number of benzene rings is 2. The van der Waals surface area contributed by atoms with Gasteiger partial charge in [0.2, 0.25) is 15.9 Å². The molecule has 2 heterocycles. The molecule has 1 N–H and O–H groups in total. The van der Waals surface area contributed by atoms with Gasteiger partial charge in [0.15, 0.2) is 4.34 Å². The Hall–Kier alpha value is -1.94. The van der Waals surface area contributed by atoms with Crippen molar-refractivity contribution in [2.24, 2.45) is 0 Å². The van der Waals surface area contributed by atoms with Gasteiger partial charge in [-0.2, -0.15) is 4.31 Å². The number of amides is 1. The van der Waals surface area contributed by atoms with Crippen LogP contribution in [0.2, 0.25) is 0 Å². The number of hydrogen-bond donors (Lipinski definition) is 1. The monoisotopic (exact) mass is 475 g/mol. The van der Waals surface area contributed by atoms with Gasteiger partial charge < -0.3 is 5.32 Å². The highest BCUT2D eigenvalue weighted by atomic mass is 32.2. The van der Waals surface area contributed by atoms with E-state index in [4.69, 9.17) is 0 Å². The summed E-state index contributed by atoms with van der Waals surface area (Å²) in [5, 5.41) is 2.98. The van der Waals surface area contributed by atoms with Crippen LogP contribution in [0.15, 0.2) is 45.6 Å². The Bertz CT molecular complexity index is 1190. The standard InChI is InChI=1S/C22H25N3O3S3/c1-15-7-6-8-16(2)21(15)24-20(26)14-29-22-23-18-10-9-17(13-19(18)30-22)31(27,28)25-11-4-3-5-12-25/h6-10,13H,3-5,11-12,14H2,1-2H3,(H,24,26). The van der Waals surface area contributed by atoms with E-state index in [0.717, 1.165) is 50.6 Å². The zero-order chi connectivity index (χ0) is 22.0. The van der Waals surface area contributed by atoms with Crippen molar-refractivity contribution in [2.75, 3.05) is 24.2 Å². The summed E-state index contributed by atoms with van der Waals surface area (Å²) in [4.78, 5) is 17.3. The van der Waals surface area contributed by atoms with Gasteiger partial charge >= 0.3 is 0 Å². The number of nitrogens with zero attached hydrogens (tertiary/aromatic N) is 2. The van der Waals surface area contributed by atoms with E-state index in [2.05, 4.69) is 10.3 Å². The van der Waals surface area contributed by atoms with E-state index in [9.17, 15) is 13.2 Å². The van der Waals surface area contributed by atoms with E-state index in [1.807, 2.05) is 32.0 Å². The molecule has 0 unspecified atom stereocenters. The van der Waals surface area contributed by atoms with Crippen molar-refractivity contribution >= 4 is 54.9 Å². The number of para-hydroxylation sites is 1. The number of aromatic nitrogens is 1. The van der Waals surface area contributed by atoms with E-state index >= 15 is 0 Å². The highest BCUT2D eigenvalue weighted by molar-refractivity contribution is 8.01. The second kappa shape index (κ2) is 9.28. The molecule has 0 radical (unpaired) electrons. The Morgan fingerprint density at radius 1 is 1.13 bits per heavy atom. The van der Waals surface area contributed by atoms with Gasteiger partial charge in [0.25, 0.3) is 0 Å². The lowest BCUT2D eigenvalue weighted by molar-refractivity contribution is -0.113. The Balaban J connectivity index is 1.45. The summed E-state index contributed by atoms with van der Waals surface area (Å²) in [7, 11) is -3.47. The number of rotatable bonds is 6. The van der Waals surface area contributed by atoms with Gasteiger partial charge in [-0.25, -0.2) is 13.4 Å². The van der Waals surface area contributed by atoms with Crippen molar-refractivity contribution in [2.45, 2.75) is 42.3 Å². The van der Waals surface area contributed by atoms with Crippen LogP contribution in [0.3, 0.4) is 0 Å². The van der Waals surface area contributed by atoms with Gasteiger partial charge in [0.1, 0.15) is 0 Å². The van der Waals surface area contributed by atoms with Gasteiger partial charge in [0, 0.05) is 18.8 Å². The average molecular weight is 476 g/mol. The Labute approximate surface area is 191 Å². The molecule has 1 amide bonds. The summed E-state index contributed by atoms with van der Waals surface area (Å²) in [6, 6.07) is 11.0. The lowest BCUT2D eigenvalue weighted by Gasteiger charge is -2.25. The fourth-order valence-corrected chi connectivity index (χ4v) is 7.20. The summed E-state index contributed by atoms with van der Waals surface area (Å²) in [6.07, 6.45) is 2.90. The van der Waals surface area contributed by atoms with E-state index < -0.39 is 10.0 Å². The van der Waals surface area contributed by atoms with Gasteiger partial charge in [-0.15, -0.1) is 11.3 Å². The topological polar surface area (TPSA) is 79.4 Å². The summed E-state index contributed by atoms with van der Waals surface area (Å²) in [6.45, 7) is 5.11. The second-order valence-corrected chi connectivity index (χ2v) is 11.9. The molecule has 1 aliphatic heterocycles. The molecule has 6 nitrogen and oxygen atoms in total. The molecular weight excluding hydrogens is 450 g/mol. The molecule has 9 heteroatoms. The number of carbonyl (C=O) groups is 1. The first-order valence-corrected chi connectivity index (χ1v) is 13.5. The Morgan fingerprint density at radius 3 is 2.55 bits per heavy atom. The average Bonchev–Trinajstić information content (AvgIpc) is 3.18. The molecule has 2 aromatic carbocycles. The predicted molar refractivity (Wildman–Crippen MR) is 127 cm³/mol. The smallest absolute Gasteiger partial charge is 0.243 e. The number of nitrogens with one attached hydrogen (secondary N) is 1. The minimum atomic E-state index is -3.47. The van der Waals surface area contributed by atoms with Crippen molar-refractivity contribution in [3.05, 3.63) is 47.5 Å². The van der Waals surface area contributed by atoms with Crippen LogP contribution in [0, 0.1) is 13.8 Å². The minimum Gasteiger partial charge on any atom is -0.325 e. The molecule has 0 spiro atoms. The fraction of sp³-hybridized carbons (Fsp3) is 0.364. The highest BCUT2D eigenvalue weighted by Gasteiger charge is 2.26. The number of fused-ring (bicyclic) bond motifs is 1. The maximum absolute atomic E-state index is 12.9. The molecule has 1 aromatic heterocycles. The van der Waals surface area contributed by atoms with Crippen molar-refractivity contribution in [3.63, 3.8) is 0 Å². The fourth-order valence-electron chi connectivity index (χ4n) is 3.67. The largest absolute Gasteiger partial charge is 0.325 e. The van der Waals surface area contributed by atoms with Crippen molar-refractivity contribution < 1.29 is 13.2 Å². The summed E-state index contributed by atoms with van der Waals surface area (Å²) in [5.74, 6) is 0.155. The SMILES string of the molecule is Cc1cccc(C)c1NC(=O)CSc1nc2ccc(S(=O)(=O)N3CCCCC3)cc2s1. The van der Waals surface area contributed by atoms with Crippen molar-refractivity contribution in [3.8, 4) is 0 Å². The van der Waals surface area contributed by atoms with Crippen LogP contribution >= 0.6 is 23.1 Å². The van der Waals surface area contributed by atoms with Crippen LogP contribution in [0.5, 0.6) is 0 Å². The van der Waals surface area contributed by atoms with Crippen molar-refractivity contribution in [1.82, 2.24) is 9.29 Å². The number of hydrogen-bond acceptors (Lipinski definition) is 6. The van der Waals surface area contributed by atoms with Crippen LogP contribution in [0.1, 0.15) is 30.4 Å². The molecule has 1 aliphatic rings. The molecule has 0 bridgehead atoms. The lowest BCUT2D eigenvalue weighted by Crippen LogP contribution is -2.35. The second-order valence-electron chi connectivity index (χ2n) is 7.68. The number of thioether (sulfide) groups is 1. The first-order chi connectivity index (χ1) is 14.8. The van der Waals surface area contributed by atoms with Crippen LogP contribution < -0.4 is 5.32 Å². The van der Waals surface area contributed by atoms with Crippen LogP contribution in [0.4, 0.5) is 5.69 Å². The maximum Gasteiger partial charge on any atom is 0.243 e. The van der Waals surface area contributed by atoms with Gasteiger partial charge in [-0.3, -0.25) is 4.79 Å². The quantitative estimate of drug-likeness (QED) is 0.517. The van der Waals surface area contributed by atoms with Crippen LogP contribution in [-0.2, 0) is 14.8 Å². The van der Waals surface area contributed by atoms with Crippen molar-refractivity contribution in [1.29, 1.82) is 0 Å². The summed E-state index contributed by atoms with van der Waals surface area (Å²) in [5.41, 5.74) is 3.66. The number of anilines is 1.